The zero-order valence-corrected chi connectivity index (χ0v) is 62.6. The Bertz CT molecular complexity index is 2130. The summed E-state index contributed by atoms with van der Waals surface area (Å²) in [5.74, 6) is -1.31. The second-order valence-electron chi connectivity index (χ2n) is 28.7. The minimum atomic E-state index is -5.70. The molecule has 0 bridgehead atoms. The van der Waals surface area contributed by atoms with Crippen molar-refractivity contribution >= 4 is 25.7 Å². The number of rotatable bonds is 61. The van der Waals surface area contributed by atoms with E-state index in [1.165, 1.54) is 154 Å². The predicted octanol–water partition coefficient (Wildman–Crippen LogP) is 11.4. The summed E-state index contributed by atoms with van der Waals surface area (Å²) in [7, 11) is -5.70. The molecule has 1 saturated carbocycles. The number of phosphoric acid groups is 1. The Hall–Kier alpha value is -2.30. The second-order valence-corrected chi connectivity index (χ2v) is 30.1. The van der Waals surface area contributed by atoms with E-state index in [0.717, 1.165) is 89.9 Å². The van der Waals surface area contributed by atoms with E-state index in [2.05, 4.69) is 39.8 Å². The third-order valence-corrected chi connectivity index (χ3v) is 20.7. The SMILES string of the molecule is CCCCCCCC/C=C\CCCCCC(=O)OCC1OC(OC2C(O)C(O)C(O)C(OC3OC(CO)C(O)C(O)C3O)C2OP(=O)(O)OCC(COC(=O)CCCCCCCCCCCCCCCCCC)OC(=O)CCCCCCCCC(C)CCCCCCCC)C(O)C(O)C1O. The average molecular weight is 1460 g/mol. The lowest BCUT2D eigenvalue weighted by molar-refractivity contribution is -0.360. The number of aliphatic hydroxyl groups excluding tert-OH is 10. The van der Waals surface area contributed by atoms with Crippen LogP contribution in [-0.4, -0.2) is 204 Å². The molecule has 0 radical (unpaired) electrons. The molecular weight excluding hydrogens is 1320 g/mol. The van der Waals surface area contributed by atoms with Gasteiger partial charge < -0.3 is 89.1 Å². The Kier molecular flexibility index (Phi) is 51.5. The number of unbranched alkanes of at least 4 members (excludes halogenated alkanes) is 34. The van der Waals surface area contributed by atoms with Gasteiger partial charge in [0.1, 0.15) is 98.7 Å². The van der Waals surface area contributed by atoms with E-state index >= 15 is 0 Å². The highest BCUT2D eigenvalue weighted by atomic mass is 31.2. The smallest absolute Gasteiger partial charge is 0.463 e. The summed E-state index contributed by atoms with van der Waals surface area (Å²) < 4.78 is 65.1. The lowest BCUT2D eigenvalue weighted by Crippen LogP contribution is -2.69. The molecule has 0 aromatic heterocycles. The molecule has 2 saturated heterocycles. The van der Waals surface area contributed by atoms with E-state index in [1.807, 2.05) is 0 Å². The van der Waals surface area contributed by atoms with Crippen LogP contribution in [-0.2, 0) is 61.2 Å². The van der Waals surface area contributed by atoms with Crippen molar-refractivity contribution in [1.82, 2.24) is 0 Å². The maximum atomic E-state index is 14.4. The maximum absolute atomic E-state index is 14.4. The number of hydrogen-bond donors (Lipinski definition) is 11. The molecule has 3 aliphatic rings. The lowest BCUT2D eigenvalue weighted by atomic mass is 9.84. The first kappa shape index (κ1) is 91.9. The van der Waals surface area contributed by atoms with Gasteiger partial charge in [0, 0.05) is 19.3 Å². The van der Waals surface area contributed by atoms with Crippen molar-refractivity contribution in [2.24, 2.45) is 5.92 Å². The third-order valence-electron chi connectivity index (χ3n) is 19.7. The van der Waals surface area contributed by atoms with Crippen LogP contribution in [0.4, 0.5) is 0 Å². The Balaban J connectivity index is 1.73. The second kappa shape index (κ2) is 56.1. The molecule has 100 heavy (non-hydrogen) atoms. The number of hydrogen-bond acceptors (Lipinski definition) is 23. The van der Waals surface area contributed by atoms with Crippen LogP contribution in [0.1, 0.15) is 310 Å². The molecule has 24 nitrogen and oxygen atoms in total. The van der Waals surface area contributed by atoms with Gasteiger partial charge in [0.2, 0.25) is 0 Å². The van der Waals surface area contributed by atoms with Crippen molar-refractivity contribution in [3.05, 3.63) is 12.2 Å². The molecule has 0 amide bonds. The summed E-state index contributed by atoms with van der Waals surface area (Å²) in [6.45, 7) is 5.77. The summed E-state index contributed by atoms with van der Waals surface area (Å²) in [4.78, 5) is 51.1. The molecule has 1 aliphatic carbocycles. The van der Waals surface area contributed by atoms with E-state index in [1.54, 1.807) is 0 Å². The first-order valence-electron chi connectivity index (χ1n) is 39.4. The molecule has 3 rings (SSSR count). The van der Waals surface area contributed by atoms with Crippen molar-refractivity contribution in [3.8, 4) is 0 Å². The van der Waals surface area contributed by atoms with Crippen LogP contribution in [0.25, 0.3) is 0 Å². The van der Waals surface area contributed by atoms with Crippen LogP contribution in [0.5, 0.6) is 0 Å². The van der Waals surface area contributed by atoms with E-state index in [4.69, 9.17) is 42.2 Å². The highest BCUT2D eigenvalue weighted by Crippen LogP contribution is 2.49. The van der Waals surface area contributed by atoms with E-state index in [-0.39, 0.29) is 19.3 Å². The minimum absolute atomic E-state index is 0.00901. The molecular formula is C75H139O24P. The van der Waals surface area contributed by atoms with Crippen molar-refractivity contribution in [2.45, 2.75) is 414 Å². The van der Waals surface area contributed by atoms with E-state index in [0.29, 0.717) is 25.2 Å². The highest BCUT2D eigenvalue weighted by molar-refractivity contribution is 7.47. The topological polar surface area (TPSA) is 374 Å². The molecule has 19 atom stereocenters. The number of carbonyl (C=O) groups is 3. The van der Waals surface area contributed by atoms with Gasteiger partial charge in [-0.3, -0.25) is 23.4 Å². The zero-order valence-electron chi connectivity index (χ0n) is 61.7. The minimum Gasteiger partial charge on any atom is -0.463 e. The first-order valence-corrected chi connectivity index (χ1v) is 40.9. The number of allylic oxidation sites excluding steroid dienone is 2. The number of carbonyl (C=O) groups excluding carboxylic acids is 3. The van der Waals surface area contributed by atoms with E-state index in [9.17, 15) is 74.9 Å². The third kappa shape index (κ3) is 38.8. The maximum Gasteiger partial charge on any atom is 0.472 e. The van der Waals surface area contributed by atoms with Crippen molar-refractivity contribution in [1.29, 1.82) is 0 Å². The van der Waals surface area contributed by atoms with Gasteiger partial charge in [-0.1, -0.05) is 258 Å². The molecule has 3 fully saturated rings. The zero-order chi connectivity index (χ0) is 73.3. The number of esters is 3. The molecule has 0 spiro atoms. The Morgan fingerprint density at radius 3 is 1.19 bits per heavy atom. The van der Waals surface area contributed by atoms with Crippen molar-refractivity contribution < 1.29 is 117 Å². The summed E-state index contributed by atoms with van der Waals surface area (Å²) in [5.41, 5.74) is 0. The summed E-state index contributed by atoms with van der Waals surface area (Å²) in [6.07, 6.45) is 14.1. The van der Waals surface area contributed by atoms with Gasteiger partial charge in [-0.15, -0.1) is 0 Å². The van der Waals surface area contributed by atoms with Gasteiger partial charge in [0.05, 0.1) is 13.2 Å². The average Bonchev–Trinajstić information content (AvgIpc) is 0.761. The normalized spacial score (nSPS) is 27.7. The molecule has 25 heteroatoms. The van der Waals surface area contributed by atoms with Crippen molar-refractivity contribution in [3.63, 3.8) is 0 Å². The molecule has 0 aromatic rings. The summed E-state index contributed by atoms with van der Waals surface area (Å²) >= 11 is 0. The van der Waals surface area contributed by atoms with Crippen LogP contribution in [0.3, 0.4) is 0 Å². The molecule has 11 N–H and O–H groups in total. The van der Waals surface area contributed by atoms with Crippen LogP contribution in [0.2, 0.25) is 0 Å². The summed E-state index contributed by atoms with van der Waals surface area (Å²) in [6, 6.07) is 0. The number of aliphatic hydroxyl groups is 10. The van der Waals surface area contributed by atoms with Crippen LogP contribution >= 0.6 is 7.82 Å². The number of phosphoric ester groups is 1. The van der Waals surface area contributed by atoms with Crippen LogP contribution < -0.4 is 0 Å². The lowest BCUT2D eigenvalue weighted by Gasteiger charge is -2.49. The Labute approximate surface area is 599 Å². The van der Waals surface area contributed by atoms with Gasteiger partial charge in [0.25, 0.3) is 0 Å². The van der Waals surface area contributed by atoms with Crippen LogP contribution in [0, 0.1) is 5.92 Å². The predicted molar refractivity (Wildman–Crippen MR) is 379 cm³/mol. The van der Waals surface area contributed by atoms with Gasteiger partial charge in [-0.25, -0.2) is 4.57 Å². The highest BCUT2D eigenvalue weighted by Gasteiger charge is 2.58. The van der Waals surface area contributed by atoms with Gasteiger partial charge in [-0.05, 0) is 50.9 Å². The fraction of sp³-hybridized carbons (Fsp3) is 0.933. The summed E-state index contributed by atoms with van der Waals surface area (Å²) in [5, 5.41) is 110. The fourth-order valence-corrected chi connectivity index (χ4v) is 14.1. The quantitative estimate of drug-likeness (QED) is 0.00886. The largest absolute Gasteiger partial charge is 0.472 e. The standard InChI is InChI=1S/C75H139O24P/c1-5-8-11-14-17-19-21-23-24-25-27-29-30-32-38-43-48-59(77)91-52-56(94-61(79)50-45-40-35-34-37-42-47-55(4)46-41-36-16-13-10-7-3)53-93-100(89,90)99-73-71(97-74-69(87)64(82)62(80)57(51-76)95-74)67(85)66(84)68(86)72(73)98-75-70(88)65(83)63(81)58(96-75)54-92-60(78)49-44-39-33-31-28-26-22-20-18-15-12-9-6-2/h26,28,55-58,62-76,80-88H,5-25,27,29-54H2,1-4H3,(H,89,90)/b28-26-. The van der Waals surface area contributed by atoms with Crippen molar-refractivity contribution in [2.75, 3.05) is 26.4 Å². The van der Waals surface area contributed by atoms with Crippen LogP contribution in [0.15, 0.2) is 12.2 Å². The molecule has 588 valence electrons. The molecule has 2 aliphatic heterocycles. The fourth-order valence-electron chi connectivity index (χ4n) is 13.2. The number of ether oxygens (including phenoxy) is 7. The Morgan fingerprint density at radius 1 is 0.410 bits per heavy atom. The monoisotopic (exact) mass is 1450 g/mol. The van der Waals surface area contributed by atoms with E-state index < -0.39 is 156 Å². The van der Waals surface area contributed by atoms with Gasteiger partial charge in [-0.2, -0.15) is 0 Å². The van der Waals surface area contributed by atoms with Gasteiger partial charge >= 0.3 is 25.7 Å². The molecule has 0 aromatic carbocycles. The molecule has 2 heterocycles. The Morgan fingerprint density at radius 2 is 0.760 bits per heavy atom. The van der Waals surface area contributed by atoms with Gasteiger partial charge in [0.15, 0.2) is 18.7 Å². The molecule has 19 unspecified atom stereocenters. The first-order chi connectivity index (χ1) is 48.2.